The SMILES string of the molecule is CNCc1ccc(F)c(S(=O)(=O)NC2CCC2)c1. The Kier molecular flexibility index (Phi) is 3.99. The zero-order valence-corrected chi connectivity index (χ0v) is 11.1. The van der Waals surface area contributed by atoms with Gasteiger partial charge in [-0.05, 0) is 37.6 Å². The minimum atomic E-state index is -3.74. The Labute approximate surface area is 107 Å². The minimum absolute atomic E-state index is 0.0395. The van der Waals surface area contributed by atoms with Gasteiger partial charge in [0.2, 0.25) is 10.0 Å². The number of nitrogens with one attached hydrogen (secondary N) is 2. The van der Waals surface area contributed by atoms with Gasteiger partial charge < -0.3 is 5.32 Å². The highest BCUT2D eigenvalue weighted by Gasteiger charge is 2.26. The van der Waals surface area contributed by atoms with Crippen LogP contribution in [0.4, 0.5) is 4.39 Å². The third-order valence-corrected chi connectivity index (χ3v) is 4.63. The van der Waals surface area contributed by atoms with Crippen LogP contribution in [-0.2, 0) is 16.6 Å². The van der Waals surface area contributed by atoms with Gasteiger partial charge in [-0.3, -0.25) is 0 Å². The molecule has 18 heavy (non-hydrogen) atoms. The fourth-order valence-electron chi connectivity index (χ4n) is 1.88. The molecule has 100 valence electrons. The maximum absolute atomic E-state index is 13.6. The molecule has 0 bridgehead atoms. The summed E-state index contributed by atoms with van der Waals surface area (Å²) in [5, 5.41) is 2.91. The molecule has 1 aliphatic rings. The molecule has 0 unspecified atom stereocenters. The Morgan fingerprint density at radius 3 is 2.67 bits per heavy atom. The molecule has 1 aromatic carbocycles. The summed E-state index contributed by atoms with van der Waals surface area (Å²) in [4.78, 5) is -0.262. The standard InChI is InChI=1S/C12H17FN2O2S/c1-14-8-9-5-6-11(13)12(7-9)18(16,17)15-10-3-2-4-10/h5-7,10,14-15H,2-4,8H2,1H3. The van der Waals surface area contributed by atoms with Gasteiger partial charge in [-0.15, -0.1) is 0 Å². The molecule has 0 atom stereocenters. The summed E-state index contributed by atoms with van der Waals surface area (Å²) >= 11 is 0. The molecular formula is C12H17FN2O2S. The molecule has 1 fully saturated rings. The maximum Gasteiger partial charge on any atom is 0.243 e. The van der Waals surface area contributed by atoms with Gasteiger partial charge in [0.05, 0.1) is 0 Å². The van der Waals surface area contributed by atoms with Crippen molar-refractivity contribution in [1.29, 1.82) is 0 Å². The zero-order valence-electron chi connectivity index (χ0n) is 10.2. The van der Waals surface area contributed by atoms with E-state index < -0.39 is 15.8 Å². The minimum Gasteiger partial charge on any atom is -0.316 e. The Morgan fingerprint density at radius 1 is 1.39 bits per heavy atom. The van der Waals surface area contributed by atoms with Crippen molar-refractivity contribution >= 4 is 10.0 Å². The fraction of sp³-hybridized carbons (Fsp3) is 0.500. The molecule has 6 heteroatoms. The van der Waals surface area contributed by atoms with Gasteiger partial charge in [-0.1, -0.05) is 12.5 Å². The predicted octanol–water partition coefficient (Wildman–Crippen LogP) is 1.38. The molecule has 2 N–H and O–H groups in total. The molecule has 0 radical (unpaired) electrons. The zero-order chi connectivity index (χ0) is 13.2. The van der Waals surface area contributed by atoms with Crippen LogP contribution in [0.1, 0.15) is 24.8 Å². The van der Waals surface area contributed by atoms with Crippen molar-refractivity contribution in [2.24, 2.45) is 0 Å². The lowest BCUT2D eigenvalue weighted by molar-refractivity contribution is 0.382. The average molecular weight is 272 g/mol. The van der Waals surface area contributed by atoms with Gasteiger partial charge in [-0.2, -0.15) is 0 Å². The van der Waals surface area contributed by atoms with Crippen LogP contribution >= 0.6 is 0 Å². The largest absolute Gasteiger partial charge is 0.316 e. The molecule has 2 rings (SSSR count). The highest BCUT2D eigenvalue weighted by molar-refractivity contribution is 7.89. The van der Waals surface area contributed by atoms with E-state index in [0.717, 1.165) is 24.8 Å². The first-order valence-corrected chi connectivity index (χ1v) is 7.46. The van der Waals surface area contributed by atoms with Crippen LogP contribution in [0.2, 0.25) is 0 Å². The van der Waals surface area contributed by atoms with E-state index in [9.17, 15) is 12.8 Å². The third kappa shape index (κ3) is 2.88. The van der Waals surface area contributed by atoms with E-state index >= 15 is 0 Å². The van der Waals surface area contributed by atoms with Crippen LogP contribution in [-0.4, -0.2) is 21.5 Å². The fourth-order valence-corrected chi connectivity index (χ4v) is 3.31. The van der Waals surface area contributed by atoms with E-state index in [4.69, 9.17) is 0 Å². The highest BCUT2D eigenvalue weighted by atomic mass is 32.2. The second-order valence-electron chi connectivity index (χ2n) is 4.54. The van der Waals surface area contributed by atoms with Crippen LogP contribution in [0.15, 0.2) is 23.1 Å². The summed E-state index contributed by atoms with van der Waals surface area (Å²) in [6.45, 7) is 0.506. The maximum atomic E-state index is 13.6. The van der Waals surface area contributed by atoms with Gasteiger partial charge >= 0.3 is 0 Å². The van der Waals surface area contributed by atoms with Crippen molar-refractivity contribution in [3.63, 3.8) is 0 Å². The van der Waals surface area contributed by atoms with Gasteiger partial charge in [0.25, 0.3) is 0 Å². The van der Waals surface area contributed by atoms with E-state index in [-0.39, 0.29) is 10.9 Å². The second kappa shape index (κ2) is 5.34. The van der Waals surface area contributed by atoms with Crippen LogP contribution in [0, 0.1) is 5.82 Å². The summed E-state index contributed by atoms with van der Waals surface area (Å²) in [7, 11) is -1.99. The van der Waals surface area contributed by atoms with Gasteiger partial charge in [0.1, 0.15) is 10.7 Å². The lowest BCUT2D eigenvalue weighted by Gasteiger charge is -2.26. The molecule has 0 saturated heterocycles. The molecule has 0 amide bonds. The molecule has 1 saturated carbocycles. The molecule has 0 aromatic heterocycles. The van der Waals surface area contributed by atoms with E-state index in [1.165, 1.54) is 12.1 Å². The molecule has 0 spiro atoms. The predicted molar refractivity (Wildman–Crippen MR) is 67.1 cm³/mol. The Hall–Kier alpha value is -0.980. The summed E-state index contributed by atoms with van der Waals surface area (Å²) < 4.78 is 40.3. The second-order valence-corrected chi connectivity index (χ2v) is 6.23. The van der Waals surface area contributed by atoms with E-state index in [2.05, 4.69) is 10.0 Å². The lowest BCUT2D eigenvalue weighted by atomic mass is 9.94. The first kappa shape index (κ1) is 13.5. The summed E-state index contributed by atoms with van der Waals surface area (Å²) in [6.07, 6.45) is 2.68. The number of hydrogen-bond acceptors (Lipinski definition) is 3. The molecular weight excluding hydrogens is 255 g/mol. The molecule has 0 aliphatic heterocycles. The van der Waals surface area contributed by atoms with Crippen molar-refractivity contribution in [3.05, 3.63) is 29.6 Å². The Balaban J connectivity index is 2.26. The normalized spacial score (nSPS) is 16.6. The molecule has 1 aliphatic carbocycles. The lowest BCUT2D eigenvalue weighted by Crippen LogP contribution is -2.39. The first-order valence-electron chi connectivity index (χ1n) is 5.98. The summed E-state index contributed by atoms with van der Waals surface area (Å²) in [6, 6.07) is 4.12. The topological polar surface area (TPSA) is 58.2 Å². The van der Waals surface area contributed by atoms with E-state index in [1.54, 1.807) is 13.1 Å². The smallest absolute Gasteiger partial charge is 0.243 e. The van der Waals surface area contributed by atoms with Crippen LogP contribution in [0.3, 0.4) is 0 Å². The van der Waals surface area contributed by atoms with Crippen molar-refractivity contribution in [1.82, 2.24) is 10.0 Å². The van der Waals surface area contributed by atoms with Gasteiger partial charge in [0, 0.05) is 12.6 Å². The number of hydrogen-bond donors (Lipinski definition) is 2. The molecule has 4 nitrogen and oxygen atoms in total. The van der Waals surface area contributed by atoms with Gasteiger partial charge in [0.15, 0.2) is 0 Å². The average Bonchev–Trinajstić information content (AvgIpc) is 2.27. The summed E-state index contributed by atoms with van der Waals surface area (Å²) in [5.41, 5.74) is 0.743. The van der Waals surface area contributed by atoms with Crippen molar-refractivity contribution in [3.8, 4) is 0 Å². The van der Waals surface area contributed by atoms with Crippen molar-refractivity contribution in [2.45, 2.75) is 36.7 Å². The molecule has 1 aromatic rings. The third-order valence-electron chi connectivity index (χ3n) is 3.09. The van der Waals surface area contributed by atoms with E-state index in [1.807, 2.05) is 0 Å². The van der Waals surface area contributed by atoms with Crippen LogP contribution < -0.4 is 10.0 Å². The first-order chi connectivity index (χ1) is 8.53. The summed E-state index contributed by atoms with van der Waals surface area (Å²) in [5.74, 6) is -0.707. The monoisotopic (exact) mass is 272 g/mol. The highest BCUT2D eigenvalue weighted by Crippen LogP contribution is 2.22. The quantitative estimate of drug-likeness (QED) is 0.851. The van der Waals surface area contributed by atoms with Crippen molar-refractivity contribution < 1.29 is 12.8 Å². The van der Waals surface area contributed by atoms with Crippen LogP contribution in [0.25, 0.3) is 0 Å². The molecule has 0 heterocycles. The number of rotatable bonds is 5. The van der Waals surface area contributed by atoms with Gasteiger partial charge in [-0.25, -0.2) is 17.5 Å². The van der Waals surface area contributed by atoms with E-state index in [0.29, 0.717) is 6.54 Å². The number of sulfonamides is 1. The Bertz CT molecular complexity index is 527. The van der Waals surface area contributed by atoms with Crippen LogP contribution in [0.5, 0.6) is 0 Å². The van der Waals surface area contributed by atoms with Crippen molar-refractivity contribution in [2.75, 3.05) is 7.05 Å². The number of benzene rings is 1. The Morgan fingerprint density at radius 2 is 2.11 bits per heavy atom. The number of halogens is 1.